The van der Waals surface area contributed by atoms with E-state index in [0.29, 0.717) is 6.42 Å². The number of thiophene rings is 1. The van der Waals surface area contributed by atoms with Crippen molar-refractivity contribution in [1.82, 2.24) is 0 Å². The molecule has 0 radical (unpaired) electrons. The van der Waals surface area contributed by atoms with Crippen LogP contribution in [0.25, 0.3) is 0 Å². The summed E-state index contributed by atoms with van der Waals surface area (Å²) < 4.78 is 27.5. The van der Waals surface area contributed by atoms with E-state index in [9.17, 15) is 18.3 Å². The van der Waals surface area contributed by atoms with Gasteiger partial charge in [-0.25, -0.2) is 13.2 Å². The van der Waals surface area contributed by atoms with Crippen LogP contribution in [0.3, 0.4) is 0 Å². The molecular formula is C15H13Cl2NO4S2. The van der Waals surface area contributed by atoms with Crippen molar-refractivity contribution < 1.29 is 18.3 Å². The first-order valence-electron chi connectivity index (χ1n) is 7.15. The third-order valence-corrected chi connectivity index (χ3v) is 7.24. The van der Waals surface area contributed by atoms with Crippen LogP contribution in [0, 0.1) is 0 Å². The van der Waals surface area contributed by atoms with Crippen molar-refractivity contribution in [2.45, 2.75) is 30.6 Å². The molecule has 0 amide bonds. The monoisotopic (exact) mass is 405 g/mol. The lowest BCUT2D eigenvalue weighted by Gasteiger charge is -2.11. The second kappa shape index (κ2) is 6.55. The van der Waals surface area contributed by atoms with Gasteiger partial charge in [-0.15, -0.1) is 11.3 Å². The summed E-state index contributed by atoms with van der Waals surface area (Å²) in [4.78, 5) is 12.5. The highest BCUT2D eigenvalue weighted by molar-refractivity contribution is 7.93. The Morgan fingerprint density at radius 3 is 2.54 bits per heavy atom. The van der Waals surface area contributed by atoms with Crippen LogP contribution in [-0.2, 0) is 22.9 Å². The summed E-state index contributed by atoms with van der Waals surface area (Å²) in [6, 6.07) is 3.95. The quantitative estimate of drug-likeness (QED) is 0.787. The number of benzene rings is 1. The summed E-state index contributed by atoms with van der Waals surface area (Å²) in [6.07, 6.45) is 3.31. The Bertz CT molecular complexity index is 922. The van der Waals surface area contributed by atoms with Gasteiger partial charge in [-0.1, -0.05) is 23.2 Å². The predicted molar refractivity (Wildman–Crippen MR) is 95.2 cm³/mol. The van der Waals surface area contributed by atoms with Crippen molar-refractivity contribution in [2.24, 2.45) is 0 Å². The third-order valence-electron chi connectivity index (χ3n) is 3.81. The Hall–Kier alpha value is -1.28. The van der Waals surface area contributed by atoms with Crippen LogP contribution < -0.4 is 4.72 Å². The molecule has 0 saturated carbocycles. The van der Waals surface area contributed by atoms with Crippen molar-refractivity contribution in [3.05, 3.63) is 44.2 Å². The fourth-order valence-electron chi connectivity index (χ4n) is 2.69. The van der Waals surface area contributed by atoms with Crippen LogP contribution in [0.1, 0.15) is 33.6 Å². The second-order valence-electron chi connectivity index (χ2n) is 5.40. The van der Waals surface area contributed by atoms with E-state index in [1.54, 1.807) is 0 Å². The molecule has 0 atom stereocenters. The minimum absolute atomic E-state index is 0.0540. The molecule has 0 aliphatic heterocycles. The minimum Gasteiger partial charge on any atom is -0.478 e. The summed E-state index contributed by atoms with van der Waals surface area (Å²) in [5.74, 6) is -1.12. The maximum atomic E-state index is 12.6. The molecule has 1 aliphatic carbocycles. The Balaban J connectivity index is 2.02. The number of hydrogen-bond acceptors (Lipinski definition) is 4. The van der Waals surface area contributed by atoms with Crippen LogP contribution in [0.15, 0.2) is 23.1 Å². The first-order chi connectivity index (χ1) is 11.3. The number of carboxylic acid groups (broad SMARTS) is 1. The molecule has 1 aromatic heterocycles. The van der Waals surface area contributed by atoms with Crippen molar-refractivity contribution in [1.29, 1.82) is 0 Å². The van der Waals surface area contributed by atoms with E-state index < -0.39 is 16.0 Å². The molecule has 0 saturated heterocycles. The highest BCUT2D eigenvalue weighted by Crippen LogP contribution is 2.39. The van der Waals surface area contributed by atoms with E-state index >= 15 is 0 Å². The number of rotatable bonds is 4. The van der Waals surface area contributed by atoms with Gasteiger partial charge in [0.15, 0.2) is 0 Å². The number of sulfonamides is 1. The summed E-state index contributed by atoms with van der Waals surface area (Å²) in [6.45, 7) is 0. The number of fused-ring (bicyclic) bond motifs is 1. The van der Waals surface area contributed by atoms with Gasteiger partial charge in [0.05, 0.1) is 20.5 Å². The lowest BCUT2D eigenvalue weighted by Crippen LogP contribution is -2.15. The van der Waals surface area contributed by atoms with E-state index in [1.165, 1.54) is 29.5 Å². The normalized spacial score (nSPS) is 14.2. The first kappa shape index (κ1) is 17.5. The largest absolute Gasteiger partial charge is 0.478 e. The van der Waals surface area contributed by atoms with Crippen LogP contribution in [0.2, 0.25) is 10.0 Å². The molecule has 0 unspecified atom stereocenters. The maximum Gasteiger partial charge on any atom is 0.339 e. The van der Waals surface area contributed by atoms with E-state index in [4.69, 9.17) is 23.2 Å². The standard InChI is InChI=1S/C15H13Cl2NO4S2/c16-10-6-5-8(7-11(10)17)24(21,22)18-14-13(15(19)20)9-3-1-2-4-12(9)23-14/h5-7,18H,1-4H2,(H,19,20). The summed E-state index contributed by atoms with van der Waals surface area (Å²) in [5.41, 5.74) is 0.795. The molecule has 1 aromatic carbocycles. The average Bonchev–Trinajstić information content (AvgIpc) is 2.86. The van der Waals surface area contributed by atoms with Gasteiger partial charge in [-0.3, -0.25) is 4.72 Å². The second-order valence-corrected chi connectivity index (χ2v) is 9.00. The zero-order valence-electron chi connectivity index (χ0n) is 12.3. The number of aryl methyl sites for hydroxylation is 1. The van der Waals surface area contributed by atoms with Gasteiger partial charge in [0.1, 0.15) is 5.00 Å². The summed E-state index contributed by atoms with van der Waals surface area (Å²) in [5, 5.41) is 9.99. The number of hydrogen-bond donors (Lipinski definition) is 2. The Kier molecular flexibility index (Phi) is 4.79. The Morgan fingerprint density at radius 2 is 1.88 bits per heavy atom. The van der Waals surface area contributed by atoms with Crippen LogP contribution >= 0.6 is 34.5 Å². The number of anilines is 1. The van der Waals surface area contributed by atoms with Gasteiger partial charge in [0.25, 0.3) is 10.0 Å². The van der Waals surface area contributed by atoms with Crippen LogP contribution in [0.5, 0.6) is 0 Å². The fraction of sp³-hybridized carbons (Fsp3) is 0.267. The highest BCUT2D eigenvalue weighted by Gasteiger charge is 2.28. The lowest BCUT2D eigenvalue weighted by atomic mass is 9.96. The predicted octanol–water partition coefficient (Wildman–Crippen LogP) is 4.43. The summed E-state index contributed by atoms with van der Waals surface area (Å²) in [7, 11) is -3.95. The van der Waals surface area contributed by atoms with E-state index in [0.717, 1.165) is 29.7 Å². The maximum absolute atomic E-state index is 12.6. The molecule has 0 spiro atoms. The van der Waals surface area contributed by atoms with Crippen LogP contribution in [0.4, 0.5) is 5.00 Å². The third kappa shape index (κ3) is 3.26. The molecule has 9 heteroatoms. The zero-order chi connectivity index (χ0) is 17.5. The van der Waals surface area contributed by atoms with Gasteiger partial charge < -0.3 is 5.11 Å². The van der Waals surface area contributed by atoms with Crippen molar-refractivity contribution in [3.8, 4) is 0 Å². The highest BCUT2D eigenvalue weighted by atomic mass is 35.5. The van der Waals surface area contributed by atoms with E-state index in [-0.39, 0.29) is 25.5 Å². The smallest absolute Gasteiger partial charge is 0.339 e. The molecule has 1 aliphatic rings. The molecular weight excluding hydrogens is 393 g/mol. The number of aromatic carboxylic acids is 1. The van der Waals surface area contributed by atoms with Gasteiger partial charge in [-0.05, 0) is 49.4 Å². The number of nitrogens with one attached hydrogen (secondary N) is 1. The van der Waals surface area contributed by atoms with Gasteiger partial charge in [0.2, 0.25) is 0 Å². The number of carboxylic acids is 1. The Morgan fingerprint density at radius 1 is 1.17 bits per heavy atom. The average molecular weight is 406 g/mol. The first-order valence-corrected chi connectivity index (χ1v) is 10.2. The van der Waals surface area contributed by atoms with Crippen molar-refractivity contribution in [2.75, 3.05) is 4.72 Å². The molecule has 0 bridgehead atoms. The minimum atomic E-state index is -3.95. The van der Waals surface area contributed by atoms with E-state index in [1.807, 2.05) is 0 Å². The molecule has 3 rings (SSSR count). The van der Waals surface area contributed by atoms with Gasteiger partial charge >= 0.3 is 5.97 Å². The molecule has 128 valence electrons. The molecule has 24 heavy (non-hydrogen) atoms. The van der Waals surface area contributed by atoms with E-state index in [2.05, 4.69) is 4.72 Å². The SMILES string of the molecule is O=C(O)c1c(NS(=O)(=O)c2ccc(Cl)c(Cl)c2)sc2c1CCCC2. The molecule has 0 fully saturated rings. The molecule has 2 N–H and O–H groups in total. The van der Waals surface area contributed by atoms with Gasteiger partial charge in [-0.2, -0.15) is 0 Å². The molecule has 2 aromatic rings. The van der Waals surface area contributed by atoms with Gasteiger partial charge in [0, 0.05) is 4.88 Å². The number of carbonyl (C=O) groups is 1. The van der Waals surface area contributed by atoms with Crippen molar-refractivity contribution >= 4 is 55.5 Å². The molecule has 1 heterocycles. The lowest BCUT2D eigenvalue weighted by molar-refractivity contribution is 0.0697. The Labute approximate surface area is 153 Å². The topological polar surface area (TPSA) is 83.5 Å². The number of halogens is 2. The van der Waals surface area contributed by atoms with Crippen LogP contribution in [-0.4, -0.2) is 19.5 Å². The zero-order valence-corrected chi connectivity index (χ0v) is 15.4. The molecule has 5 nitrogen and oxygen atoms in total. The van der Waals surface area contributed by atoms with Crippen molar-refractivity contribution in [3.63, 3.8) is 0 Å². The summed E-state index contributed by atoms with van der Waals surface area (Å²) >= 11 is 12.9. The fourth-order valence-corrected chi connectivity index (χ4v) is 5.66.